The van der Waals surface area contributed by atoms with Crippen LogP contribution in [0.5, 0.6) is 17.2 Å². The number of carbonyl (C=O) groups excluding carboxylic acids is 1. The van der Waals surface area contributed by atoms with Crippen molar-refractivity contribution in [3.63, 3.8) is 0 Å². The number of hydrogen-bond donors (Lipinski definition) is 1. The van der Waals surface area contributed by atoms with Gasteiger partial charge in [-0.2, -0.15) is 0 Å². The van der Waals surface area contributed by atoms with E-state index in [1.54, 1.807) is 31.2 Å². The van der Waals surface area contributed by atoms with Crippen LogP contribution < -0.4 is 25.0 Å². The summed E-state index contributed by atoms with van der Waals surface area (Å²) in [6.07, 6.45) is 0. The largest absolute Gasteiger partial charge is 0.493 e. The smallest absolute Gasteiger partial charge is 0.288 e. The highest BCUT2D eigenvalue weighted by atomic mass is 35.5. The monoisotopic (exact) mass is 415 g/mol. The Balaban J connectivity index is 1.97. The Morgan fingerprint density at radius 2 is 1.66 bits per heavy atom. The van der Waals surface area contributed by atoms with Crippen molar-refractivity contribution in [2.45, 2.75) is 13.0 Å². The lowest BCUT2D eigenvalue weighted by molar-refractivity contribution is 0.0937. The van der Waals surface area contributed by atoms with Gasteiger partial charge < -0.3 is 23.9 Å². The zero-order chi connectivity index (χ0) is 20.9. The molecule has 1 aliphatic heterocycles. The van der Waals surface area contributed by atoms with Crippen LogP contribution in [-0.4, -0.2) is 27.2 Å². The van der Waals surface area contributed by atoms with E-state index in [2.05, 4.69) is 5.32 Å². The first-order chi connectivity index (χ1) is 13.9. The summed E-state index contributed by atoms with van der Waals surface area (Å²) in [6.45, 7) is 1.80. The molecule has 150 valence electrons. The highest BCUT2D eigenvalue weighted by Gasteiger charge is 2.37. The lowest BCUT2D eigenvalue weighted by Crippen LogP contribution is -2.22. The third-order valence-electron chi connectivity index (χ3n) is 5.00. The van der Waals surface area contributed by atoms with Gasteiger partial charge in [0.05, 0.1) is 38.3 Å². The number of hydrogen-bond acceptors (Lipinski definition) is 6. The minimum atomic E-state index is -0.730. The molecule has 3 aromatic rings. The van der Waals surface area contributed by atoms with Gasteiger partial charge in [0.15, 0.2) is 16.9 Å². The Hall–Kier alpha value is -3.19. The highest BCUT2D eigenvalue weighted by Crippen LogP contribution is 2.42. The van der Waals surface area contributed by atoms with E-state index in [-0.39, 0.29) is 16.8 Å². The van der Waals surface area contributed by atoms with Crippen LogP contribution in [0.3, 0.4) is 0 Å². The fraction of sp³-hybridized carbons (Fsp3) is 0.238. The predicted octanol–water partition coefficient (Wildman–Crippen LogP) is 3.61. The number of fused-ring (bicyclic) bond motifs is 2. The number of benzene rings is 2. The number of nitrogens with one attached hydrogen (secondary N) is 1. The number of carbonyl (C=O) groups is 1. The average Bonchev–Trinajstić information content (AvgIpc) is 3.05. The summed E-state index contributed by atoms with van der Waals surface area (Å²) in [4.78, 5) is 25.8. The van der Waals surface area contributed by atoms with E-state index in [9.17, 15) is 9.59 Å². The molecule has 1 atom stereocenters. The van der Waals surface area contributed by atoms with E-state index in [1.165, 1.54) is 21.3 Å². The minimum absolute atomic E-state index is 0.0111. The number of ether oxygens (including phenoxy) is 3. The average molecular weight is 416 g/mol. The van der Waals surface area contributed by atoms with Crippen LogP contribution >= 0.6 is 11.6 Å². The summed E-state index contributed by atoms with van der Waals surface area (Å²) in [5, 5.41) is 3.57. The Morgan fingerprint density at radius 3 is 2.24 bits per heavy atom. The maximum Gasteiger partial charge on any atom is 0.288 e. The predicted molar refractivity (Wildman–Crippen MR) is 108 cm³/mol. The number of methoxy groups -OCH3 is 3. The number of amides is 1. The van der Waals surface area contributed by atoms with E-state index in [1.807, 2.05) is 0 Å². The van der Waals surface area contributed by atoms with E-state index in [0.717, 1.165) is 5.56 Å². The van der Waals surface area contributed by atoms with Gasteiger partial charge >= 0.3 is 0 Å². The Kier molecular flexibility index (Phi) is 4.62. The first-order valence-electron chi connectivity index (χ1n) is 8.77. The second-order valence-electron chi connectivity index (χ2n) is 6.64. The van der Waals surface area contributed by atoms with Gasteiger partial charge in [0.25, 0.3) is 5.91 Å². The van der Waals surface area contributed by atoms with Crippen LogP contribution in [0.25, 0.3) is 11.0 Å². The SMILES string of the molecule is COc1cc([C@@H]2NC(=O)c3oc4cc(C)c(Cl)cc4c(=O)c32)cc(OC)c1OC. The summed E-state index contributed by atoms with van der Waals surface area (Å²) in [5.41, 5.74) is 1.56. The van der Waals surface area contributed by atoms with Crippen molar-refractivity contribution in [2.75, 3.05) is 21.3 Å². The quantitative estimate of drug-likeness (QED) is 0.700. The first kappa shape index (κ1) is 19.1. The van der Waals surface area contributed by atoms with Gasteiger partial charge in [-0.25, -0.2) is 0 Å². The highest BCUT2D eigenvalue weighted by molar-refractivity contribution is 6.32. The summed E-state index contributed by atoms with van der Waals surface area (Å²) in [6, 6.07) is 5.86. The molecule has 0 bridgehead atoms. The molecular weight excluding hydrogens is 398 g/mol. The van der Waals surface area contributed by atoms with Gasteiger partial charge in [0, 0.05) is 5.02 Å². The van der Waals surface area contributed by atoms with Crippen molar-refractivity contribution in [1.29, 1.82) is 0 Å². The molecule has 0 saturated heterocycles. The van der Waals surface area contributed by atoms with Gasteiger partial charge in [0.1, 0.15) is 5.58 Å². The molecule has 7 nitrogen and oxygen atoms in total. The van der Waals surface area contributed by atoms with Gasteiger partial charge in [-0.3, -0.25) is 9.59 Å². The molecule has 0 unspecified atom stereocenters. The Labute approximate surface area is 171 Å². The fourth-order valence-electron chi connectivity index (χ4n) is 3.55. The second-order valence-corrected chi connectivity index (χ2v) is 7.04. The zero-order valence-electron chi connectivity index (χ0n) is 16.2. The van der Waals surface area contributed by atoms with Crippen LogP contribution in [0.2, 0.25) is 5.02 Å². The lowest BCUT2D eigenvalue weighted by atomic mass is 9.98. The fourth-order valence-corrected chi connectivity index (χ4v) is 3.71. The molecular formula is C21H18ClNO6. The molecule has 1 N–H and O–H groups in total. The molecule has 2 heterocycles. The molecule has 0 saturated carbocycles. The molecule has 4 rings (SSSR count). The van der Waals surface area contributed by atoms with Gasteiger partial charge in [-0.05, 0) is 42.3 Å². The van der Waals surface area contributed by atoms with Crippen molar-refractivity contribution in [3.8, 4) is 17.2 Å². The van der Waals surface area contributed by atoms with E-state index >= 15 is 0 Å². The van der Waals surface area contributed by atoms with Crippen molar-refractivity contribution >= 4 is 28.5 Å². The minimum Gasteiger partial charge on any atom is -0.493 e. The van der Waals surface area contributed by atoms with Crippen LogP contribution in [0.15, 0.2) is 33.5 Å². The number of aryl methyl sites for hydroxylation is 1. The topological polar surface area (TPSA) is 87.0 Å². The summed E-state index contributed by atoms with van der Waals surface area (Å²) < 4.78 is 21.9. The Bertz CT molecular complexity index is 1190. The number of halogens is 1. The molecule has 2 aromatic carbocycles. The molecule has 0 spiro atoms. The molecule has 0 aliphatic carbocycles. The van der Waals surface area contributed by atoms with E-state index < -0.39 is 11.9 Å². The summed E-state index contributed by atoms with van der Waals surface area (Å²) in [5.74, 6) is 0.756. The molecule has 0 radical (unpaired) electrons. The second kappa shape index (κ2) is 7.00. The molecule has 1 amide bonds. The number of rotatable bonds is 4. The van der Waals surface area contributed by atoms with Gasteiger partial charge in [0.2, 0.25) is 11.5 Å². The zero-order valence-corrected chi connectivity index (χ0v) is 17.0. The molecule has 1 aromatic heterocycles. The van der Waals surface area contributed by atoms with Crippen LogP contribution in [0, 0.1) is 6.92 Å². The summed E-state index contributed by atoms with van der Waals surface area (Å²) >= 11 is 6.20. The third-order valence-corrected chi connectivity index (χ3v) is 5.40. The van der Waals surface area contributed by atoms with Crippen LogP contribution in [0.4, 0.5) is 0 Å². The first-order valence-corrected chi connectivity index (χ1v) is 9.15. The van der Waals surface area contributed by atoms with Crippen molar-refractivity contribution in [3.05, 3.63) is 62.0 Å². The van der Waals surface area contributed by atoms with E-state index in [4.69, 9.17) is 30.2 Å². The molecule has 8 heteroatoms. The van der Waals surface area contributed by atoms with E-state index in [0.29, 0.717) is 38.8 Å². The van der Waals surface area contributed by atoms with Gasteiger partial charge in [-0.1, -0.05) is 11.6 Å². The van der Waals surface area contributed by atoms with Crippen molar-refractivity contribution in [2.24, 2.45) is 0 Å². The lowest BCUT2D eigenvalue weighted by Gasteiger charge is -2.17. The maximum absolute atomic E-state index is 13.2. The van der Waals surface area contributed by atoms with Gasteiger partial charge in [-0.15, -0.1) is 0 Å². The maximum atomic E-state index is 13.2. The summed E-state index contributed by atoms with van der Waals surface area (Å²) in [7, 11) is 4.49. The molecule has 0 fully saturated rings. The van der Waals surface area contributed by atoms with Crippen molar-refractivity contribution in [1.82, 2.24) is 5.32 Å². The Morgan fingerprint density at radius 1 is 1.00 bits per heavy atom. The van der Waals surface area contributed by atoms with Crippen molar-refractivity contribution < 1.29 is 23.4 Å². The molecule has 29 heavy (non-hydrogen) atoms. The van der Waals surface area contributed by atoms with Crippen LogP contribution in [-0.2, 0) is 0 Å². The molecule has 1 aliphatic rings. The standard InChI is InChI=1S/C21H18ClNO6/c1-9-5-13-11(8-12(9)22)18(24)16-17(23-21(25)20(16)29-13)10-6-14(26-2)19(28-4)15(7-10)27-3/h5-8,17H,1-4H3,(H,23,25)/t17-/m0/s1. The normalized spacial score (nSPS) is 15.2. The van der Waals surface area contributed by atoms with Crippen LogP contribution in [0.1, 0.15) is 33.3 Å². The third kappa shape index (κ3) is 2.89.